The summed E-state index contributed by atoms with van der Waals surface area (Å²) in [4.78, 5) is 0. The standard InChI is InChI=1S/C14H13O3P/c15-12-5-1-10(2-6-12)14(9-18-17)11-3-7-13(16)8-4-11/h1-8,14-16H,9H2/p+1. The molecule has 0 aliphatic carbocycles. The van der Waals surface area contributed by atoms with Gasteiger partial charge in [0.25, 0.3) is 0 Å². The Balaban J connectivity index is 2.35. The van der Waals surface area contributed by atoms with Gasteiger partial charge in [-0.05, 0) is 35.4 Å². The maximum absolute atomic E-state index is 10.9. The van der Waals surface area contributed by atoms with Crippen LogP contribution in [0, 0.1) is 0 Å². The minimum Gasteiger partial charge on any atom is -0.508 e. The number of rotatable bonds is 4. The van der Waals surface area contributed by atoms with Gasteiger partial charge in [0, 0.05) is 0 Å². The maximum Gasteiger partial charge on any atom is 0.325 e. The van der Waals surface area contributed by atoms with E-state index in [1.165, 1.54) is 0 Å². The first-order valence-corrected chi connectivity index (χ1v) is 6.75. The fraction of sp³-hybridized carbons (Fsp3) is 0.143. The van der Waals surface area contributed by atoms with Gasteiger partial charge in [-0.25, -0.2) is 0 Å². The summed E-state index contributed by atoms with van der Waals surface area (Å²) < 4.78 is 10.9. The molecule has 4 heteroatoms. The van der Waals surface area contributed by atoms with Crippen LogP contribution in [0.5, 0.6) is 11.5 Å². The van der Waals surface area contributed by atoms with Gasteiger partial charge in [-0.3, -0.25) is 0 Å². The summed E-state index contributed by atoms with van der Waals surface area (Å²) in [5.41, 5.74) is 2.00. The van der Waals surface area contributed by atoms with E-state index in [9.17, 15) is 14.8 Å². The van der Waals surface area contributed by atoms with E-state index in [1.54, 1.807) is 24.3 Å². The van der Waals surface area contributed by atoms with Crippen molar-refractivity contribution in [2.75, 3.05) is 6.16 Å². The van der Waals surface area contributed by atoms with Gasteiger partial charge in [-0.2, -0.15) is 0 Å². The average molecular weight is 261 g/mol. The fourth-order valence-electron chi connectivity index (χ4n) is 1.92. The lowest BCUT2D eigenvalue weighted by Crippen LogP contribution is -2.02. The van der Waals surface area contributed by atoms with Crippen molar-refractivity contribution in [2.24, 2.45) is 0 Å². The first-order chi connectivity index (χ1) is 8.70. The molecule has 0 heterocycles. The molecule has 2 rings (SSSR count). The van der Waals surface area contributed by atoms with Crippen LogP contribution in [0.4, 0.5) is 0 Å². The highest BCUT2D eigenvalue weighted by Gasteiger charge is 2.17. The average Bonchev–Trinajstić information content (AvgIpc) is 2.39. The normalized spacial score (nSPS) is 10.9. The lowest BCUT2D eigenvalue weighted by Gasteiger charge is -2.12. The maximum atomic E-state index is 10.9. The van der Waals surface area contributed by atoms with Crippen LogP contribution in [0.2, 0.25) is 0 Å². The van der Waals surface area contributed by atoms with Crippen molar-refractivity contribution in [1.82, 2.24) is 0 Å². The fourth-order valence-corrected chi connectivity index (χ4v) is 2.56. The van der Waals surface area contributed by atoms with Crippen molar-refractivity contribution in [3.05, 3.63) is 59.7 Å². The van der Waals surface area contributed by atoms with Crippen molar-refractivity contribution in [1.29, 1.82) is 0 Å². The van der Waals surface area contributed by atoms with Gasteiger partial charge in [0.05, 0.1) is 5.92 Å². The van der Waals surface area contributed by atoms with Gasteiger partial charge in [0.15, 0.2) is 6.16 Å². The van der Waals surface area contributed by atoms with Crippen molar-refractivity contribution >= 4 is 8.46 Å². The molecule has 0 saturated carbocycles. The van der Waals surface area contributed by atoms with Gasteiger partial charge in [-0.1, -0.05) is 28.8 Å². The first-order valence-electron chi connectivity index (χ1n) is 5.63. The number of phenolic OH excluding ortho intramolecular Hbond substituents is 2. The molecule has 0 fully saturated rings. The molecule has 1 atom stereocenters. The van der Waals surface area contributed by atoms with Crippen molar-refractivity contribution in [3.63, 3.8) is 0 Å². The predicted molar refractivity (Wildman–Crippen MR) is 71.9 cm³/mol. The van der Waals surface area contributed by atoms with Crippen LogP contribution < -0.4 is 0 Å². The van der Waals surface area contributed by atoms with Crippen LogP contribution in [-0.4, -0.2) is 16.4 Å². The number of aromatic hydroxyl groups is 2. The molecule has 2 N–H and O–H groups in total. The molecule has 0 radical (unpaired) electrons. The molecule has 0 saturated heterocycles. The van der Waals surface area contributed by atoms with E-state index in [0.29, 0.717) is 6.16 Å². The Labute approximate surface area is 107 Å². The van der Waals surface area contributed by atoms with E-state index in [2.05, 4.69) is 0 Å². The monoisotopic (exact) mass is 261 g/mol. The van der Waals surface area contributed by atoms with Crippen LogP contribution in [-0.2, 0) is 4.57 Å². The summed E-state index contributed by atoms with van der Waals surface area (Å²) in [7, 11) is -0.391. The highest BCUT2D eigenvalue weighted by molar-refractivity contribution is 7.23. The van der Waals surface area contributed by atoms with E-state index in [1.807, 2.05) is 24.3 Å². The Bertz CT molecular complexity index is 474. The van der Waals surface area contributed by atoms with Crippen LogP contribution in [0.15, 0.2) is 48.5 Å². The number of benzene rings is 2. The molecule has 0 aliphatic rings. The molecule has 0 aromatic heterocycles. The summed E-state index contributed by atoms with van der Waals surface area (Å²) in [6.07, 6.45) is 0.523. The number of hydrogen-bond donors (Lipinski definition) is 2. The molecule has 1 unspecified atom stereocenters. The summed E-state index contributed by atoms with van der Waals surface area (Å²) in [6, 6.07) is 13.8. The lowest BCUT2D eigenvalue weighted by molar-refractivity contribution is 0.475. The molecule has 0 bridgehead atoms. The Hall–Kier alpha value is -1.86. The van der Waals surface area contributed by atoms with E-state index in [4.69, 9.17) is 0 Å². The third-order valence-electron chi connectivity index (χ3n) is 2.88. The zero-order valence-electron chi connectivity index (χ0n) is 9.71. The Morgan fingerprint density at radius 2 is 1.22 bits per heavy atom. The SMILES string of the molecule is O=[PH+]CC(c1ccc(O)cc1)c1ccc(O)cc1. The quantitative estimate of drug-likeness (QED) is 0.830. The van der Waals surface area contributed by atoms with Gasteiger partial charge >= 0.3 is 8.46 Å². The highest BCUT2D eigenvalue weighted by atomic mass is 31.1. The molecule has 2 aromatic rings. The van der Waals surface area contributed by atoms with Crippen molar-refractivity contribution in [3.8, 4) is 11.5 Å². The van der Waals surface area contributed by atoms with E-state index in [0.717, 1.165) is 11.1 Å². The Kier molecular flexibility index (Phi) is 3.96. The predicted octanol–water partition coefficient (Wildman–Crippen LogP) is 3.25. The first kappa shape index (κ1) is 12.6. The third-order valence-corrected chi connectivity index (χ3v) is 3.45. The molecular weight excluding hydrogens is 247 g/mol. The molecule has 2 aromatic carbocycles. The van der Waals surface area contributed by atoms with Gasteiger partial charge < -0.3 is 10.2 Å². The lowest BCUT2D eigenvalue weighted by atomic mass is 9.93. The van der Waals surface area contributed by atoms with Crippen LogP contribution in [0.3, 0.4) is 0 Å². The summed E-state index contributed by atoms with van der Waals surface area (Å²) in [5.74, 6) is 0.447. The Morgan fingerprint density at radius 1 is 0.833 bits per heavy atom. The largest absolute Gasteiger partial charge is 0.508 e. The smallest absolute Gasteiger partial charge is 0.325 e. The summed E-state index contributed by atoms with van der Waals surface area (Å²) >= 11 is 0. The summed E-state index contributed by atoms with van der Waals surface area (Å²) in [6.45, 7) is 0. The van der Waals surface area contributed by atoms with E-state index < -0.39 is 8.46 Å². The van der Waals surface area contributed by atoms with Gasteiger partial charge in [0.2, 0.25) is 0 Å². The molecular formula is C14H14O3P+. The molecule has 0 spiro atoms. The van der Waals surface area contributed by atoms with Crippen LogP contribution in [0.25, 0.3) is 0 Å². The minimum atomic E-state index is -0.391. The second-order valence-electron chi connectivity index (χ2n) is 4.08. The second kappa shape index (κ2) is 5.65. The number of phenols is 2. The van der Waals surface area contributed by atoms with E-state index >= 15 is 0 Å². The van der Waals surface area contributed by atoms with Crippen LogP contribution >= 0.6 is 8.46 Å². The molecule has 18 heavy (non-hydrogen) atoms. The van der Waals surface area contributed by atoms with Crippen molar-refractivity contribution in [2.45, 2.75) is 5.92 Å². The van der Waals surface area contributed by atoms with Gasteiger partial charge in [-0.15, -0.1) is 0 Å². The molecule has 92 valence electrons. The molecule has 3 nitrogen and oxygen atoms in total. The van der Waals surface area contributed by atoms with Crippen LogP contribution in [0.1, 0.15) is 17.0 Å². The topological polar surface area (TPSA) is 57.5 Å². The zero-order valence-corrected chi connectivity index (χ0v) is 10.7. The van der Waals surface area contributed by atoms with Gasteiger partial charge in [0.1, 0.15) is 11.5 Å². The highest BCUT2D eigenvalue weighted by Crippen LogP contribution is 2.29. The third kappa shape index (κ3) is 2.88. The zero-order chi connectivity index (χ0) is 13.0. The number of hydrogen-bond acceptors (Lipinski definition) is 3. The van der Waals surface area contributed by atoms with E-state index in [-0.39, 0.29) is 17.4 Å². The molecule has 0 amide bonds. The van der Waals surface area contributed by atoms with Crippen molar-refractivity contribution < 1.29 is 14.8 Å². The minimum absolute atomic E-state index is 0.0158. The molecule has 0 aliphatic heterocycles. The Morgan fingerprint density at radius 3 is 1.56 bits per heavy atom. The summed E-state index contributed by atoms with van der Waals surface area (Å²) in [5, 5.41) is 18.6. The second-order valence-corrected chi connectivity index (χ2v) is 4.78.